The zero-order valence-corrected chi connectivity index (χ0v) is 9.43. The summed E-state index contributed by atoms with van der Waals surface area (Å²) in [4.78, 5) is 11.1. The second-order valence-electron chi connectivity index (χ2n) is 3.15. The number of hydrogen-bond acceptors (Lipinski definition) is 3. The molecule has 3 nitrogen and oxygen atoms in total. The lowest BCUT2D eigenvalue weighted by Gasteiger charge is -1.99. The van der Waals surface area contributed by atoms with Crippen LogP contribution in [0.5, 0.6) is 0 Å². The fourth-order valence-electron chi connectivity index (χ4n) is 0.980. The molecule has 0 saturated carbocycles. The summed E-state index contributed by atoms with van der Waals surface area (Å²) in [6.07, 6.45) is 1.57. The zero-order valence-electron chi connectivity index (χ0n) is 7.86. The van der Waals surface area contributed by atoms with E-state index in [0.29, 0.717) is 5.02 Å². The second kappa shape index (κ2) is 4.57. The normalized spacial score (nSPS) is 12.1. The number of nitro groups is 1. The summed E-state index contributed by atoms with van der Waals surface area (Å²) in [6.45, 7) is 3.59. The van der Waals surface area contributed by atoms with Crippen molar-refractivity contribution in [1.29, 1.82) is 0 Å². The van der Waals surface area contributed by atoms with Crippen molar-refractivity contribution in [3.05, 3.63) is 37.2 Å². The Morgan fingerprint density at radius 2 is 2.36 bits per heavy atom. The van der Waals surface area contributed by atoms with Gasteiger partial charge in [-0.2, -0.15) is 0 Å². The third kappa shape index (κ3) is 2.82. The van der Waals surface area contributed by atoms with E-state index in [1.807, 2.05) is 0 Å². The van der Waals surface area contributed by atoms with Gasteiger partial charge in [-0.1, -0.05) is 25.4 Å². The van der Waals surface area contributed by atoms with Crippen LogP contribution in [0.1, 0.15) is 18.7 Å². The predicted octanol–water partition coefficient (Wildman–Crippen LogP) is 3.68. The number of hydrogen-bond donors (Lipinski definition) is 0. The number of halogens is 1. The third-order valence-electron chi connectivity index (χ3n) is 1.68. The van der Waals surface area contributed by atoms with Gasteiger partial charge in [-0.05, 0) is 6.07 Å². The summed E-state index contributed by atoms with van der Waals surface area (Å²) in [5, 5.41) is 13.0. The molecule has 0 amide bonds. The maximum absolute atomic E-state index is 10.7. The van der Waals surface area contributed by atoms with Crippen molar-refractivity contribution < 1.29 is 4.92 Å². The van der Waals surface area contributed by atoms with Crippen LogP contribution >= 0.6 is 22.9 Å². The lowest BCUT2D eigenvalue weighted by Crippen LogP contribution is -2.04. The van der Waals surface area contributed by atoms with E-state index in [0.717, 1.165) is 4.88 Å². The average molecular weight is 232 g/mol. The Balaban J connectivity index is 2.99. The lowest BCUT2D eigenvalue weighted by atomic mass is 10.1. The first-order valence-electron chi connectivity index (χ1n) is 4.10. The first-order chi connectivity index (χ1) is 6.50. The van der Waals surface area contributed by atoms with E-state index in [1.54, 1.807) is 31.4 Å². The SMILES string of the molecule is CC(C)C(=Cc1cc(Cl)cs1)[N+](=O)[O-]. The van der Waals surface area contributed by atoms with Crippen molar-refractivity contribution in [2.24, 2.45) is 5.92 Å². The minimum atomic E-state index is -0.349. The molecule has 0 aliphatic heterocycles. The molecule has 1 heterocycles. The molecule has 0 fully saturated rings. The van der Waals surface area contributed by atoms with Crippen LogP contribution in [0.25, 0.3) is 6.08 Å². The molecule has 0 unspecified atom stereocenters. The van der Waals surface area contributed by atoms with Crippen molar-refractivity contribution in [1.82, 2.24) is 0 Å². The fraction of sp³-hybridized carbons (Fsp3) is 0.333. The van der Waals surface area contributed by atoms with Crippen LogP contribution in [-0.4, -0.2) is 4.92 Å². The maximum atomic E-state index is 10.7. The van der Waals surface area contributed by atoms with Gasteiger partial charge < -0.3 is 0 Å². The molecule has 5 heteroatoms. The van der Waals surface area contributed by atoms with Crippen LogP contribution in [0.4, 0.5) is 0 Å². The van der Waals surface area contributed by atoms with Gasteiger partial charge >= 0.3 is 0 Å². The predicted molar refractivity (Wildman–Crippen MR) is 59.1 cm³/mol. The largest absolute Gasteiger partial charge is 0.259 e. The molecule has 0 atom stereocenters. The Bertz CT molecular complexity index is 371. The van der Waals surface area contributed by atoms with Gasteiger partial charge in [0.25, 0.3) is 0 Å². The minimum Gasteiger partial charge on any atom is -0.259 e. The molecule has 14 heavy (non-hydrogen) atoms. The van der Waals surface area contributed by atoms with Crippen molar-refractivity contribution in [2.75, 3.05) is 0 Å². The van der Waals surface area contributed by atoms with Crippen molar-refractivity contribution in [3.8, 4) is 0 Å². The molecular formula is C9H10ClNO2S. The summed E-state index contributed by atoms with van der Waals surface area (Å²) in [5.74, 6) is -0.0918. The standard InChI is InChI=1S/C9H10ClNO2S/c1-6(2)9(11(12)13)4-8-3-7(10)5-14-8/h3-6H,1-2H3. The molecule has 0 aromatic carbocycles. The Hall–Kier alpha value is -0.870. The van der Waals surface area contributed by atoms with E-state index in [9.17, 15) is 10.1 Å². The average Bonchev–Trinajstić information content (AvgIpc) is 2.46. The van der Waals surface area contributed by atoms with E-state index < -0.39 is 0 Å². The molecular weight excluding hydrogens is 222 g/mol. The van der Waals surface area contributed by atoms with Gasteiger partial charge in [0.2, 0.25) is 5.70 Å². The number of rotatable bonds is 3. The molecule has 0 radical (unpaired) electrons. The van der Waals surface area contributed by atoms with Gasteiger partial charge in [0.05, 0.1) is 9.95 Å². The van der Waals surface area contributed by atoms with E-state index in [-0.39, 0.29) is 16.5 Å². The van der Waals surface area contributed by atoms with E-state index in [2.05, 4.69) is 0 Å². The lowest BCUT2D eigenvalue weighted by molar-refractivity contribution is -0.431. The first kappa shape index (κ1) is 11.2. The van der Waals surface area contributed by atoms with Crippen molar-refractivity contribution in [2.45, 2.75) is 13.8 Å². The highest BCUT2D eigenvalue weighted by atomic mass is 35.5. The van der Waals surface area contributed by atoms with Crippen LogP contribution in [0.15, 0.2) is 17.1 Å². The molecule has 0 aliphatic carbocycles. The molecule has 0 N–H and O–H groups in total. The number of thiophene rings is 1. The smallest absolute Gasteiger partial charge is 0.250 e. The fourth-order valence-corrected chi connectivity index (χ4v) is 2.00. The van der Waals surface area contributed by atoms with Crippen LogP contribution in [0.3, 0.4) is 0 Å². The summed E-state index contributed by atoms with van der Waals surface area (Å²) < 4.78 is 0. The molecule has 0 saturated heterocycles. The Labute approximate surface area is 91.2 Å². The number of allylic oxidation sites excluding steroid dienone is 1. The van der Waals surface area contributed by atoms with Gasteiger partial charge in [-0.15, -0.1) is 11.3 Å². The highest BCUT2D eigenvalue weighted by Gasteiger charge is 2.15. The zero-order chi connectivity index (χ0) is 10.7. The quantitative estimate of drug-likeness (QED) is 0.588. The van der Waals surface area contributed by atoms with Gasteiger partial charge in [0.1, 0.15) is 0 Å². The first-order valence-corrected chi connectivity index (χ1v) is 5.36. The Kier molecular flexibility index (Phi) is 3.66. The minimum absolute atomic E-state index is 0.0918. The van der Waals surface area contributed by atoms with Crippen LogP contribution in [0, 0.1) is 16.0 Å². The van der Waals surface area contributed by atoms with Crippen LogP contribution < -0.4 is 0 Å². The van der Waals surface area contributed by atoms with Gasteiger partial charge in [0, 0.05) is 22.3 Å². The van der Waals surface area contributed by atoms with E-state index in [1.165, 1.54) is 11.3 Å². The number of nitrogens with zero attached hydrogens (tertiary/aromatic N) is 1. The van der Waals surface area contributed by atoms with E-state index in [4.69, 9.17) is 11.6 Å². The summed E-state index contributed by atoms with van der Waals surface area (Å²) in [6, 6.07) is 1.72. The monoisotopic (exact) mass is 231 g/mol. The topological polar surface area (TPSA) is 43.1 Å². The molecule has 0 bridgehead atoms. The summed E-state index contributed by atoms with van der Waals surface area (Å²) >= 11 is 7.11. The highest BCUT2D eigenvalue weighted by molar-refractivity contribution is 7.11. The third-order valence-corrected chi connectivity index (χ3v) is 2.91. The molecule has 0 spiro atoms. The summed E-state index contributed by atoms with van der Waals surface area (Å²) in [7, 11) is 0. The molecule has 0 aliphatic rings. The Morgan fingerprint density at radius 1 is 1.71 bits per heavy atom. The highest BCUT2D eigenvalue weighted by Crippen LogP contribution is 2.23. The molecule has 1 aromatic heterocycles. The molecule has 76 valence electrons. The van der Waals surface area contributed by atoms with Crippen molar-refractivity contribution >= 4 is 29.0 Å². The van der Waals surface area contributed by atoms with Crippen LogP contribution in [0.2, 0.25) is 5.02 Å². The molecule has 1 rings (SSSR count). The maximum Gasteiger partial charge on any atom is 0.250 e. The molecule has 1 aromatic rings. The van der Waals surface area contributed by atoms with Gasteiger partial charge in [-0.3, -0.25) is 10.1 Å². The van der Waals surface area contributed by atoms with Crippen molar-refractivity contribution in [3.63, 3.8) is 0 Å². The Morgan fingerprint density at radius 3 is 2.71 bits per heavy atom. The van der Waals surface area contributed by atoms with Crippen LogP contribution in [-0.2, 0) is 0 Å². The van der Waals surface area contributed by atoms with Gasteiger partial charge in [-0.25, -0.2) is 0 Å². The summed E-state index contributed by atoms with van der Waals surface area (Å²) in [5.41, 5.74) is 0.212. The second-order valence-corrected chi connectivity index (χ2v) is 4.53. The van der Waals surface area contributed by atoms with Gasteiger partial charge in [0.15, 0.2) is 0 Å². The van der Waals surface area contributed by atoms with E-state index >= 15 is 0 Å².